The van der Waals surface area contributed by atoms with Crippen LogP contribution in [0.4, 0.5) is 13.9 Å². The molecule has 2 saturated heterocycles. The van der Waals surface area contributed by atoms with E-state index in [1.165, 1.54) is 36.3 Å². The van der Waals surface area contributed by atoms with Crippen molar-refractivity contribution >= 4 is 46.9 Å². The summed E-state index contributed by atoms with van der Waals surface area (Å²) in [5.41, 5.74) is 4.50. The second kappa shape index (κ2) is 14.2. The number of rotatable bonds is 7. The second-order valence-electron chi connectivity index (χ2n) is 9.33. The minimum Gasteiger partial charge on any atom is -0.346 e. The molecule has 0 radical (unpaired) electrons. The van der Waals surface area contributed by atoms with Crippen LogP contribution in [0.5, 0.6) is 0 Å². The molecule has 0 saturated carbocycles. The van der Waals surface area contributed by atoms with E-state index in [1.54, 1.807) is 11.3 Å². The molecule has 3 heterocycles. The zero-order valence-corrected chi connectivity index (χ0v) is 23.3. The number of halogens is 4. The Labute approximate surface area is 234 Å². The van der Waals surface area contributed by atoms with E-state index in [0.29, 0.717) is 0 Å². The fraction of sp³-hybridized carbons (Fsp3) is 0.393. The van der Waals surface area contributed by atoms with Crippen molar-refractivity contribution in [2.75, 3.05) is 57.3 Å². The maximum Gasteiger partial charge on any atom is 0.185 e. The molecule has 9 heteroatoms. The van der Waals surface area contributed by atoms with Gasteiger partial charge in [-0.05, 0) is 73.3 Å². The van der Waals surface area contributed by atoms with Crippen LogP contribution in [0.15, 0.2) is 65.7 Å². The van der Waals surface area contributed by atoms with Gasteiger partial charge < -0.3 is 9.80 Å². The van der Waals surface area contributed by atoms with Crippen LogP contribution in [0.25, 0.3) is 5.57 Å². The Bertz CT molecular complexity index is 1060. The van der Waals surface area contributed by atoms with Crippen LogP contribution in [0.1, 0.15) is 30.4 Å². The molecular weight excluding hydrogens is 533 g/mol. The fourth-order valence-corrected chi connectivity index (χ4v) is 5.85. The molecule has 0 N–H and O–H groups in total. The molecule has 2 fully saturated rings. The Morgan fingerprint density at radius 2 is 1.24 bits per heavy atom. The molecule has 0 unspecified atom stereocenters. The largest absolute Gasteiger partial charge is 0.346 e. The number of nitrogens with zero attached hydrogens (tertiary/aromatic N) is 4. The van der Waals surface area contributed by atoms with E-state index in [4.69, 9.17) is 0 Å². The van der Waals surface area contributed by atoms with Crippen LogP contribution in [0.3, 0.4) is 0 Å². The number of likely N-dealkylation sites (tertiary alicyclic amines) is 1. The Morgan fingerprint density at radius 3 is 1.73 bits per heavy atom. The average molecular weight is 568 g/mol. The molecule has 4 nitrogen and oxygen atoms in total. The van der Waals surface area contributed by atoms with E-state index in [0.717, 1.165) is 87.0 Å². The Kier molecular flexibility index (Phi) is 11.3. The molecule has 0 aliphatic carbocycles. The molecule has 2 aliphatic rings. The van der Waals surface area contributed by atoms with E-state index in [-0.39, 0.29) is 36.4 Å². The number of aromatic nitrogens is 1. The van der Waals surface area contributed by atoms with Gasteiger partial charge in [0.05, 0.1) is 0 Å². The number of thiazole rings is 1. The summed E-state index contributed by atoms with van der Waals surface area (Å²) in [6.45, 7) is 8.63. The number of hydrogen-bond acceptors (Lipinski definition) is 5. The van der Waals surface area contributed by atoms with Crippen LogP contribution in [0, 0.1) is 11.6 Å². The molecule has 0 spiro atoms. The van der Waals surface area contributed by atoms with Gasteiger partial charge in [0.2, 0.25) is 0 Å². The van der Waals surface area contributed by atoms with Gasteiger partial charge in [-0.15, -0.1) is 36.2 Å². The monoisotopic (exact) mass is 566 g/mol. The summed E-state index contributed by atoms with van der Waals surface area (Å²) in [6.07, 6.45) is 5.03. The van der Waals surface area contributed by atoms with Gasteiger partial charge in [0.25, 0.3) is 0 Å². The zero-order chi connectivity index (χ0) is 24.0. The lowest BCUT2D eigenvalue weighted by atomic mass is 9.88. The van der Waals surface area contributed by atoms with Gasteiger partial charge in [-0.1, -0.05) is 29.8 Å². The summed E-state index contributed by atoms with van der Waals surface area (Å²) < 4.78 is 27.1. The van der Waals surface area contributed by atoms with Gasteiger partial charge in [-0.3, -0.25) is 4.90 Å². The minimum atomic E-state index is -0.239. The number of benzene rings is 2. The van der Waals surface area contributed by atoms with E-state index in [9.17, 15) is 8.78 Å². The minimum absolute atomic E-state index is 0. The molecule has 5 rings (SSSR count). The first-order chi connectivity index (χ1) is 17.2. The molecule has 200 valence electrons. The highest BCUT2D eigenvalue weighted by Crippen LogP contribution is 2.32. The quantitative estimate of drug-likeness (QED) is 0.331. The lowest BCUT2D eigenvalue weighted by Crippen LogP contribution is -2.47. The summed E-state index contributed by atoms with van der Waals surface area (Å²) in [6, 6.07) is 13.4. The number of piperidine rings is 1. The van der Waals surface area contributed by atoms with Crippen LogP contribution in [0.2, 0.25) is 0 Å². The molecule has 37 heavy (non-hydrogen) atoms. The molecule has 2 aromatic carbocycles. The van der Waals surface area contributed by atoms with Gasteiger partial charge in [0.15, 0.2) is 5.13 Å². The van der Waals surface area contributed by atoms with Crippen molar-refractivity contribution in [1.29, 1.82) is 0 Å². The lowest BCUT2D eigenvalue weighted by molar-refractivity contribution is 0.212. The topological polar surface area (TPSA) is 22.6 Å². The van der Waals surface area contributed by atoms with E-state index in [2.05, 4.69) is 19.7 Å². The number of anilines is 1. The highest BCUT2D eigenvalue weighted by Gasteiger charge is 2.21. The van der Waals surface area contributed by atoms with E-state index < -0.39 is 0 Å². The zero-order valence-electron chi connectivity index (χ0n) is 20.8. The lowest BCUT2D eigenvalue weighted by Gasteiger charge is -2.35. The van der Waals surface area contributed by atoms with Gasteiger partial charge in [0.1, 0.15) is 11.6 Å². The van der Waals surface area contributed by atoms with Crippen molar-refractivity contribution in [3.05, 3.63) is 88.4 Å². The predicted octanol–water partition coefficient (Wildman–Crippen LogP) is 6.37. The third-order valence-electron chi connectivity index (χ3n) is 7.09. The van der Waals surface area contributed by atoms with Gasteiger partial charge in [-0.25, -0.2) is 13.8 Å². The molecule has 3 aromatic rings. The van der Waals surface area contributed by atoms with E-state index >= 15 is 0 Å². The first-order valence-corrected chi connectivity index (χ1v) is 13.4. The van der Waals surface area contributed by atoms with Crippen LogP contribution < -0.4 is 4.90 Å². The predicted molar refractivity (Wildman–Crippen MR) is 154 cm³/mol. The third kappa shape index (κ3) is 7.74. The van der Waals surface area contributed by atoms with Crippen molar-refractivity contribution < 1.29 is 8.78 Å². The van der Waals surface area contributed by atoms with Crippen LogP contribution in [-0.4, -0.2) is 67.1 Å². The van der Waals surface area contributed by atoms with Gasteiger partial charge in [0, 0.05) is 50.8 Å². The van der Waals surface area contributed by atoms with Gasteiger partial charge in [-0.2, -0.15) is 0 Å². The van der Waals surface area contributed by atoms with Crippen molar-refractivity contribution in [2.24, 2.45) is 0 Å². The maximum absolute atomic E-state index is 13.6. The summed E-state index contributed by atoms with van der Waals surface area (Å²) in [5, 5.41) is 3.19. The Hall–Kier alpha value is -2.03. The summed E-state index contributed by atoms with van der Waals surface area (Å²) in [5.74, 6) is -0.478. The number of piperazine rings is 1. The van der Waals surface area contributed by atoms with Crippen molar-refractivity contribution in [3.63, 3.8) is 0 Å². The molecular formula is C28H34Cl2F2N4S. The molecule has 0 amide bonds. The molecule has 2 aliphatic heterocycles. The summed E-state index contributed by atoms with van der Waals surface area (Å²) >= 11 is 1.72. The smallest absolute Gasteiger partial charge is 0.185 e. The first kappa shape index (κ1) is 29.5. The average Bonchev–Trinajstić information content (AvgIpc) is 3.43. The summed E-state index contributed by atoms with van der Waals surface area (Å²) in [4.78, 5) is 12.0. The van der Waals surface area contributed by atoms with Crippen molar-refractivity contribution in [1.82, 2.24) is 14.8 Å². The van der Waals surface area contributed by atoms with Crippen LogP contribution in [-0.2, 0) is 0 Å². The second-order valence-corrected chi connectivity index (χ2v) is 10.2. The van der Waals surface area contributed by atoms with Crippen molar-refractivity contribution in [2.45, 2.75) is 19.3 Å². The standard InChI is InChI=1S/C28H32F2N4S.2ClH/c29-25-6-2-22(3-7-25)27(23-4-8-26(30)9-5-23)24-10-15-32(16-11-24)13-1-14-33-17-19-34(20-18-33)28-31-12-21-35-28;;/h2-9,12,21H,1,10-11,13-20H2;2*1H. The van der Waals surface area contributed by atoms with Crippen molar-refractivity contribution in [3.8, 4) is 0 Å². The first-order valence-electron chi connectivity index (χ1n) is 12.5. The fourth-order valence-electron chi connectivity index (χ4n) is 5.16. The Balaban J connectivity index is 0.00000190. The molecule has 1 aromatic heterocycles. The maximum atomic E-state index is 13.6. The highest BCUT2D eigenvalue weighted by atomic mass is 35.5. The molecule has 0 atom stereocenters. The molecule has 0 bridgehead atoms. The Morgan fingerprint density at radius 1 is 0.730 bits per heavy atom. The van der Waals surface area contributed by atoms with Gasteiger partial charge >= 0.3 is 0 Å². The summed E-state index contributed by atoms with van der Waals surface area (Å²) in [7, 11) is 0. The normalized spacial score (nSPS) is 16.7. The van der Waals surface area contributed by atoms with Crippen LogP contribution >= 0.6 is 36.2 Å². The number of hydrogen-bond donors (Lipinski definition) is 0. The SMILES string of the molecule is Cl.Cl.Fc1ccc(C(=C2CCN(CCCN3CCN(c4nccs4)CC3)CC2)c2ccc(F)cc2)cc1. The highest BCUT2D eigenvalue weighted by molar-refractivity contribution is 7.13. The third-order valence-corrected chi connectivity index (χ3v) is 7.92. The van der Waals surface area contributed by atoms with E-state index in [1.807, 2.05) is 35.8 Å².